The summed E-state index contributed by atoms with van der Waals surface area (Å²) in [6.07, 6.45) is 3.09. The molecule has 20 heavy (non-hydrogen) atoms. The number of hydrogen-bond donors (Lipinski definition) is 1. The van der Waals surface area contributed by atoms with Gasteiger partial charge in [-0.3, -0.25) is 9.59 Å². The fourth-order valence-corrected chi connectivity index (χ4v) is 2.67. The molecule has 4 heteroatoms. The van der Waals surface area contributed by atoms with Crippen LogP contribution in [-0.2, 0) is 4.79 Å². The minimum atomic E-state index is 0.0486. The van der Waals surface area contributed by atoms with Crippen molar-refractivity contribution in [3.05, 3.63) is 29.3 Å². The number of carbonyl (C=O) groups is 2. The van der Waals surface area contributed by atoms with Gasteiger partial charge in [0.1, 0.15) is 6.29 Å². The first-order valence-corrected chi connectivity index (χ1v) is 7.15. The molecule has 108 valence electrons. The van der Waals surface area contributed by atoms with Crippen molar-refractivity contribution in [1.29, 1.82) is 0 Å². The minimum Gasteiger partial charge on any atom is -0.372 e. The first-order valence-electron chi connectivity index (χ1n) is 7.15. The number of anilines is 1. The van der Waals surface area contributed by atoms with E-state index in [0.717, 1.165) is 49.9 Å². The Kier molecular flexibility index (Phi) is 4.77. The molecule has 1 aliphatic heterocycles. The number of rotatable bonds is 4. The van der Waals surface area contributed by atoms with Gasteiger partial charge in [0, 0.05) is 37.8 Å². The third-order valence-electron chi connectivity index (χ3n) is 4.00. The lowest BCUT2D eigenvalue weighted by Gasteiger charge is -2.34. The Labute approximate surface area is 120 Å². The molecule has 0 atom stereocenters. The van der Waals surface area contributed by atoms with Crippen LogP contribution < -0.4 is 10.2 Å². The SMILES string of the molecule is CC(=O)NCC1CCN(c2ccc(C=O)c(C)c2)CC1. The molecule has 1 aromatic carbocycles. The summed E-state index contributed by atoms with van der Waals surface area (Å²) in [6.45, 7) is 6.32. The number of hydrogen-bond acceptors (Lipinski definition) is 3. The molecule has 0 spiro atoms. The predicted octanol–water partition coefficient (Wildman–Crippen LogP) is 2.16. The van der Waals surface area contributed by atoms with Gasteiger partial charge in [-0.1, -0.05) is 0 Å². The van der Waals surface area contributed by atoms with Crippen molar-refractivity contribution in [2.24, 2.45) is 5.92 Å². The maximum Gasteiger partial charge on any atom is 0.216 e. The molecular formula is C16H22N2O2. The van der Waals surface area contributed by atoms with E-state index >= 15 is 0 Å². The predicted molar refractivity (Wildman–Crippen MR) is 80.2 cm³/mol. The summed E-state index contributed by atoms with van der Waals surface area (Å²) in [5.74, 6) is 0.623. The lowest BCUT2D eigenvalue weighted by Crippen LogP contribution is -2.38. The Bertz CT molecular complexity index is 491. The summed E-state index contributed by atoms with van der Waals surface area (Å²) in [5, 5.41) is 2.90. The van der Waals surface area contributed by atoms with E-state index in [9.17, 15) is 9.59 Å². The Morgan fingerprint density at radius 1 is 1.40 bits per heavy atom. The highest BCUT2D eigenvalue weighted by molar-refractivity contribution is 5.78. The lowest BCUT2D eigenvalue weighted by molar-refractivity contribution is -0.119. The van der Waals surface area contributed by atoms with E-state index < -0.39 is 0 Å². The number of aryl methyl sites for hydroxylation is 1. The molecule has 1 amide bonds. The second kappa shape index (κ2) is 6.55. The molecule has 1 aliphatic rings. The van der Waals surface area contributed by atoms with Crippen LogP contribution in [0, 0.1) is 12.8 Å². The lowest BCUT2D eigenvalue weighted by atomic mass is 9.96. The van der Waals surface area contributed by atoms with Crippen LogP contribution in [0.1, 0.15) is 35.7 Å². The van der Waals surface area contributed by atoms with Crippen molar-refractivity contribution in [1.82, 2.24) is 5.32 Å². The van der Waals surface area contributed by atoms with Crippen LogP contribution in [0.15, 0.2) is 18.2 Å². The molecule has 0 aromatic heterocycles. The van der Waals surface area contributed by atoms with E-state index in [2.05, 4.69) is 16.3 Å². The molecule has 0 unspecified atom stereocenters. The zero-order chi connectivity index (χ0) is 14.5. The van der Waals surface area contributed by atoms with Crippen molar-refractivity contribution in [2.75, 3.05) is 24.5 Å². The first-order chi connectivity index (χ1) is 9.60. The van der Waals surface area contributed by atoms with Gasteiger partial charge in [0.2, 0.25) is 5.91 Å². The second-order valence-electron chi connectivity index (χ2n) is 5.53. The fraction of sp³-hybridized carbons (Fsp3) is 0.500. The van der Waals surface area contributed by atoms with Crippen LogP contribution in [0.4, 0.5) is 5.69 Å². The summed E-state index contributed by atoms with van der Waals surface area (Å²) in [7, 11) is 0. The molecular weight excluding hydrogens is 252 g/mol. The quantitative estimate of drug-likeness (QED) is 0.856. The number of aldehydes is 1. The molecule has 1 fully saturated rings. The standard InChI is InChI=1S/C16H22N2O2/c1-12-9-16(4-3-15(12)11-19)18-7-5-14(6-8-18)10-17-13(2)20/h3-4,9,11,14H,5-8,10H2,1-2H3,(H,17,20). The fourth-order valence-electron chi connectivity index (χ4n) is 2.67. The van der Waals surface area contributed by atoms with Gasteiger partial charge >= 0.3 is 0 Å². The van der Waals surface area contributed by atoms with Gasteiger partial charge in [0.25, 0.3) is 0 Å². The highest BCUT2D eigenvalue weighted by Crippen LogP contribution is 2.24. The van der Waals surface area contributed by atoms with Gasteiger partial charge in [0.15, 0.2) is 0 Å². The number of benzene rings is 1. The van der Waals surface area contributed by atoms with Gasteiger partial charge < -0.3 is 10.2 Å². The Balaban J connectivity index is 1.91. The molecule has 1 saturated heterocycles. The van der Waals surface area contributed by atoms with Crippen molar-refractivity contribution >= 4 is 17.9 Å². The smallest absolute Gasteiger partial charge is 0.216 e. The average Bonchev–Trinajstić information content (AvgIpc) is 2.45. The van der Waals surface area contributed by atoms with Crippen LogP contribution in [0.5, 0.6) is 0 Å². The van der Waals surface area contributed by atoms with Crippen LogP contribution >= 0.6 is 0 Å². The molecule has 0 bridgehead atoms. The molecule has 2 rings (SSSR count). The zero-order valence-corrected chi connectivity index (χ0v) is 12.2. The van der Waals surface area contributed by atoms with Crippen molar-refractivity contribution < 1.29 is 9.59 Å². The summed E-state index contributed by atoms with van der Waals surface area (Å²) in [6, 6.07) is 5.99. The van der Waals surface area contributed by atoms with E-state index in [0.29, 0.717) is 5.92 Å². The topological polar surface area (TPSA) is 49.4 Å². The average molecular weight is 274 g/mol. The van der Waals surface area contributed by atoms with E-state index in [1.807, 2.05) is 19.1 Å². The van der Waals surface area contributed by atoms with Crippen LogP contribution in [0.3, 0.4) is 0 Å². The Hall–Kier alpha value is -1.84. The first kappa shape index (κ1) is 14.6. The summed E-state index contributed by atoms with van der Waals surface area (Å²) < 4.78 is 0. The van der Waals surface area contributed by atoms with Crippen LogP contribution in [0.25, 0.3) is 0 Å². The second-order valence-corrected chi connectivity index (χ2v) is 5.53. The molecule has 4 nitrogen and oxygen atoms in total. The molecule has 0 aliphatic carbocycles. The number of amides is 1. The zero-order valence-electron chi connectivity index (χ0n) is 12.2. The largest absolute Gasteiger partial charge is 0.372 e. The molecule has 0 saturated carbocycles. The third kappa shape index (κ3) is 3.59. The number of nitrogens with zero attached hydrogens (tertiary/aromatic N) is 1. The summed E-state index contributed by atoms with van der Waals surface area (Å²) >= 11 is 0. The maximum atomic E-state index is 10.9. The Morgan fingerprint density at radius 2 is 2.10 bits per heavy atom. The van der Waals surface area contributed by atoms with Crippen molar-refractivity contribution in [2.45, 2.75) is 26.7 Å². The van der Waals surface area contributed by atoms with Gasteiger partial charge in [-0.2, -0.15) is 0 Å². The van der Waals surface area contributed by atoms with Crippen LogP contribution in [0.2, 0.25) is 0 Å². The number of carbonyl (C=O) groups excluding carboxylic acids is 2. The van der Waals surface area contributed by atoms with Crippen molar-refractivity contribution in [3.8, 4) is 0 Å². The van der Waals surface area contributed by atoms with Gasteiger partial charge in [0.05, 0.1) is 0 Å². The van der Waals surface area contributed by atoms with E-state index in [1.165, 1.54) is 5.69 Å². The van der Waals surface area contributed by atoms with E-state index in [4.69, 9.17) is 0 Å². The molecule has 1 heterocycles. The van der Waals surface area contributed by atoms with Crippen LogP contribution in [-0.4, -0.2) is 31.8 Å². The minimum absolute atomic E-state index is 0.0486. The summed E-state index contributed by atoms with van der Waals surface area (Å²) in [4.78, 5) is 24.1. The highest BCUT2D eigenvalue weighted by atomic mass is 16.1. The van der Waals surface area contributed by atoms with Gasteiger partial charge in [-0.25, -0.2) is 0 Å². The van der Waals surface area contributed by atoms with E-state index in [-0.39, 0.29) is 5.91 Å². The van der Waals surface area contributed by atoms with Gasteiger partial charge in [-0.05, 0) is 49.4 Å². The molecule has 1 aromatic rings. The third-order valence-corrected chi connectivity index (χ3v) is 4.00. The monoisotopic (exact) mass is 274 g/mol. The molecule has 1 N–H and O–H groups in total. The number of piperidine rings is 1. The summed E-state index contributed by atoms with van der Waals surface area (Å²) in [5.41, 5.74) is 2.97. The highest BCUT2D eigenvalue weighted by Gasteiger charge is 2.19. The maximum absolute atomic E-state index is 10.9. The van der Waals surface area contributed by atoms with Crippen molar-refractivity contribution in [3.63, 3.8) is 0 Å². The number of nitrogens with one attached hydrogen (secondary N) is 1. The Morgan fingerprint density at radius 3 is 2.65 bits per heavy atom. The normalized spacial score (nSPS) is 16.0. The molecule has 0 radical (unpaired) electrons. The van der Waals surface area contributed by atoms with Gasteiger partial charge in [-0.15, -0.1) is 0 Å². The van der Waals surface area contributed by atoms with E-state index in [1.54, 1.807) is 6.92 Å².